The third kappa shape index (κ3) is 2.64. The molecule has 2 unspecified atom stereocenters. The van der Waals surface area contributed by atoms with Crippen LogP contribution in [-0.4, -0.2) is 0 Å². The predicted molar refractivity (Wildman–Crippen MR) is 91.2 cm³/mol. The molecule has 0 heteroatoms. The Morgan fingerprint density at radius 3 is 2.19 bits per heavy atom. The highest BCUT2D eigenvalue weighted by molar-refractivity contribution is 5.46. The molecular weight excluding hydrogens is 252 g/mol. The Hall–Kier alpha value is -1.56. The van der Waals surface area contributed by atoms with Crippen LogP contribution in [0.25, 0.3) is 0 Å². The molecule has 0 bridgehead atoms. The van der Waals surface area contributed by atoms with E-state index in [0.717, 1.165) is 5.92 Å². The fourth-order valence-corrected chi connectivity index (χ4v) is 3.68. The van der Waals surface area contributed by atoms with Gasteiger partial charge in [-0.2, -0.15) is 0 Å². The van der Waals surface area contributed by atoms with Gasteiger partial charge >= 0.3 is 0 Å². The molecule has 1 aliphatic rings. The lowest BCUT2D eigenvalue weighted by Gasteiger charge is -2.31. The molecule has 110 valence electrons. The zero-order valence-electron chi connectivity index (χ0n) is 14.0. The zero-order valence-corrected chi connectivity index (χ0v) is 14.0. The Morgan fingerprint density at radius 1 is 0.810 bits per heavy atom. The van der Waals surface area contributed by atoms with E-state index in [1.165, 1.54) is 40.7 Å². The molecular formula is C21H26. The first-order chi connectivity index (χ1) is 9.95. The quantitative estimate of drug-likeness (QED) is 0.633. The van der Waals surface area contributed by atoms with Gasteiger partial charge in [-0.05, 0) is 85.4 Å². The molecule has 0 heterocycles. The average molecular weight is 278 g/mol. The van der Waals surface area contributed by atoms with E-state index in [4.69, 9.17) is 0 Å². The van der Waals surface area contributed by atoms with Crippen molar-refractivity contribution >= 4 is 0 Å². The van der Waals surface area contributed by atoms with Gasteiger partial charge in [-0.15, -0.1) is 0 Å². The summed E-state index contributed by atoms with van der Waals surface area (Å²) in [7, 11) is 0. The summed E-state index contributed by atoms with van der Waals surface area (Å²) in [6.45, 7) is 11.3. The lowest BCUT2D eigenvalue weighted by Crippen LogP contribution is -2.18. The standard InChI is InChI=1S/C21H26/c1-13-8-19-11-16(4)17(5)12-21(19)20(9-13)18-7-6-14(2)15(3)10-18/h6-7,10-13,20H,8-9H2,1-5H3. The summed E-state index contributed by atoms with van der Waals surface area (Å²) >= 11 is 0. The Labute approximate surface area is 129 Å². The number of benzene rings is 2. The van der Waals surface area contributed by atoms with E-state index in [1.807, 2.05) is 0 Å². The Bertz CT molecular complexity index is 679. The van der Waals surface area contributed by atoms with Gasteiger partial charge in [0.15, 0.2) is 0 Å². The largest absolute Gasteiger partial charge is 0.0622 e. The van der Waals surface area contributed by atoms with Crippen LogP contribution in [0.2, 0.25) is 0 Å². The van der Waals surface area contributed by atoms with Crippen molar-refractivity contribution in [3.8, 4) is 0 Å². The van der Waals surface area contributed by atoms with E-state index < -0.39 is 0 Å². The lowest BCUT2D eigenvalue weighted by molar-refractivity contribution is 0.464. The minimum atomic E-state index is 0.572. The fourth-order valence-electron chi connectivity index (χ4n) is 3.68. The summed E-state index contributed by atoms with van der Waals surface area (Å²) < 4.78 is 0. The number of hydrogen-bond acceptors (Lipinski definition) is 0. The molecule has 21 heavy (non-hydrogen) atoms. The molecule has 0 nitrogen and oxygen atoms in total. The maximum atomic E-state index is 2.44. The summed E-state index contributed by atoms with van der Waals surface area (Å²) in [5, 5.41) is 0. The Kier molecular flexibility index (Phi) is 3.65. The van der Waals surface area contributed by atoms with Crippen molar-refractivity contribution in [2.45, 2.75) is 53.4 Å². The number of rotatable bonds is 1. The minimum absolute atomic E-state index is 0.572. The van der Waals surface area contributed by atoms with Crippen LogP contribution >= 0.6 is 0 Å². The van der Waals surface area contributed by atoms with Gasteiger partial charge in [-0.1, -0.05) is 37.3 Å². The molecule has 0 aromatic heterocycles. The summed E-state index contributed by atoms with van der Waals surface area (Å²) in [6.07, 6.45) is 2.51. The second kappa shape index (κ2) is 5.33. The predicted octanol–water partition coefficient (Wildman–Crippen LogP) is 5.63. The summed E-state index contributed by atoms with van der Waals surface area (Å²) in [5.74, 6) is 1.34. The first kappa shape index (κ1) is 14.4. The van der Waals surface area contributed by atoms with Crippen molar-refractivity contribution in [2.75, 3.05) is 0 Å². The van der Waals surface area contributed by atoms with Gasteiger partial charge in [0.05, 0.1) is 0 Å². The third-order valence-corrected chi connectivity index (χ3v) is 5.27. The van der Waals surface area contributed by atoms with E-state index in [2.05, 4.69) is 65.0 Å². The number of fused-ring (bicyclic) bond motifs is 1. The molecule has 0 fully saturated rings. The van der Waals surface area contributed by atoms with E-state index in [9.17, 15) is 0 Å². The van der Waals surface area contributed by atoms with Crippen LogP contribution in [0.4, 0.5) is 0 Å². The zero-order chi connectivity index (χ0) is 15.1. The van der Waals surface area contributed by atoms with Crippen LogP contribution in [0.5, 0.6) is 0 Å². The third-order valence-electron chi connectivity index (χ3n) is 5.27. The van der Waals surface area contributed by atoms with E-state index in [-0.39, 0.29) is 0 Å². The highest BCUT2D eigenvalue weighted by Crippen LogP contribution is 2.40. The molecule has 2 aromatic rings. The fraction of sp³-hybridized carbons (Fsp3) is 0.429. The topological polar surface area (TPSA) is 0 Å². The maximum Gasteiger partial charge on any atom is 0.00949 e. The average Bonchev–Trinajstić information content (AvgIpc) is 2.43. The van der Waals surface area contributed by atoms with Crippen molar-refractivity contribution in [2.24, 2.45) is 5.92 Å². The smallest absolute Gasteiger partial charge is 0.00949 e. The Morgan fingerprint density at radius 2 is 1.48 bits per heavy atom. The van der Waals surface area contributed by atoms with Gasteiger partial charge in [-0.25, -0.2) is 0 Å². The molecule has 0 N–H and O–H groups in total. The lowest BCUT2D eigenvalue weighted by atomic mass is 9.73. The second-order valence-electron chi connectivity index (χ2n) is 7.08. The van der Waals surface area contributed by atoms with Gasteiger partial charge in [-0.3, -0.25) is 0 Å². The van der Waals surface area contributed by atoms with Gasteiger partial charge in [0.25, 0.3) is 0 Å². The van der Waals surface area contributed by atoms with Crippen LogP contribution in [-0.2, 0) is 6.42 Å². The van der Waals surface area contributed by atoms with Crippen LogP contribution in [0, 0.1) is 33.6 Å². The maximum absolute atomic E-state index is 2.44. The highest BCUT2D eigenvalue weighted by Gasteiger charge is 2.26. The van der Waals surface area contributed by atoms with Gasteiger partial charge < -0.3 is 0 Å². The van der Waals surface area contributed by atoms with E-state index in [0.29, 0.717) is 5.92 Å². The minimum Gasteiger partial charge on any atom is -0.0622 e. The van der Waals surface area contributed by atoms with Crippen molar-refractivity contribution in [3.05, 3.63) is 69.3 Å². The monoisotopic (exact) mass is 278 g/mol. The summed E-state index contributed by atoms with van der Waals surface area (Å²) in [4.78, 5) is 0. The van der Waals surface area contributed by atoms with Crippen molar-refractivity contribution in [3.63, 3.8) is 0 Å². The van der Waals surface area contributed by atoms with Crippen LogP contribution in [0.1, 0.15) is 58.2 Å². The molecule has 3 rings (SSSR count). The molecule has 0 saturated carbocycles. The normalized spacial score (nSPS) is 21.2. The molecule has 0 saturated heterocycles. The van der Waals surface area contributed by atoms with Crippen LogP contribution in [0.15, 0.2) is 30.3 Å². The molecule has 2 atom stereocenters. The molecule has 0 aliphatic heterocycles. The van der Waals surface area contributed by atoms with Gasteiger partial charge in [0, 0.05) is 5.92 Å². The molecule has 0 spiro atoms. The molecule has 2 aromatic carbocycles. The SMILES string of the molecule is Cc1ccc(C2CC(C)Cc3cc(C)c(C)cc32)cc1C. The Balaban J connectivity index is 2.11. The second-order valence-corrected chi connectivity index (χ2v) is 7.08. The first-order valence-corrected chi connectivity index (χ1v) is 8.13. The molecule has 0 amide bonds. The molecule has 1 aliphatic carbocycles. The first-order valence-electron chi connectivity index (χ1n) is 8.13. The van der Waals surface area contributed by atoms with Crippen molar-refractivity contribution in [1.29, 1.82) is 0 Å². The van der Waals surface area contributed by atoms with E-state index >= 15 is 0 Å². The summed E-state index contributed by atoms with van der Waals surface area (Å²) in [6, 6.07) is 11.9. The van der Waals surface area contributed by atoms with Crippen molar-refractivity contribution in [1.82, 2.24) is 0 Å². The summed E-state index contributed by atoms with van der Waals surface area (Å²) in [5.41, 5.74) is 10.3. The van der Waals surface area contributed by atoms with E-state index in [1.54, 1.807) is 11.1 Å². The number of hydrogen-bond donors (Lipinski definition) is 0. The van der Waals surface area contributed by atoms with Crippen molar-refractivity contribution < 1.29 is 0 Å². The van der Waals surface area contributed by atoms with Crippen LogP contribution in [0.3, 0.4) is 0 Å². The highest BCUT2D eigenvalue weighted by atomic mass is 14.3. The van der Waals surface area contributed by atoms with Crippen LogP contribution < -0.4 is 0 Å². The number of aryl methyl sites for hydroxylation is 4. The van der Waals surface area contributed by atoms with Gasteiger partial charge in [0.1, 0.15) is 0 Å². The molecule has 0 radical (unpaired) electrons. The van der Waals surface area contributed by atoms with Gasteiger partial charge in [0.2, 0.25) is 0 Å².